The van der Waals surface area contributed by atoms with Crippen molar-refractivity contribution in [2.75, 3.05) is 13.4 Å². The lowest BCUT2D eigenvalue weighted by Gasteiger charge is -2.22. The topological polar surface area (TPSA) is 79.7 Å². The second-order valence-electron chi connectivity index (χ2n) is 8.64. The summed E-state index contributed by atoms with van der Waals surface area (Å²) in [6.45, 7) is 8.85. The fourth-order valence-corrected chi connectivity index (χ4v) is 5.43. The third-order valence-corrected chi connectivity index (χ3v) is 7.30. The summed E-state index contributed by atoms with van der Waals surface area (Å²) in [5.74, 6) is 0.209. The lowest BCUT2D eigenvalue weighted by atomic mass is 9.99. The van der Waals surface area contributed by atoms with E-state index in [-0.39, 0.29) is 25.5 Å². The molecule has 0 saturated carbocycles. The number of esters is 1. The first kappa shape index (κ1) is 23.3. The monoisotopic (exact) mass is 490 g/mol. The van der Waals surface area contributed by atoms with Gasteiger partial charge in [-0.05, 0) is 56.5 Å². The largest absolute Gasteiger partial charge is 0.467 e. The SMILES string of the molecule is CCOC(=O)c1cc2c(c(Cn3cnc4sc(C)c(-c5ccc(C)c(C)c5)c4c3=O)c1)OCOC2. The molecule has 0 fully saturated rings. The van der Waals surface area contributed by atoms with Crippen molar-refractivity contribution in [2.45, 2.75) is 40.8 Å². The molecule has 4 aromatic rings. The van der Waals surface area contributed by atoms with E-state index in [1.54, 1.807) is 30.0 Å². The number of ether oxygens (including phenoxy) is 3. The third kappa shape index (κ3) is 4.24. The minimum Gasteiger partial charge on any atom is -0.467 e. The summed E-state index contributed by atoms with van der Waals surface area (Å²) in [5, 5.41) is 0.609. The van der Waals surface area contributed by atoms with Crippen LogP contribution in [-0.2, 0) is 22.6 Å². The van der Waals surface area contributed by atoms with Crippen molar-refractivity contribution in [1.82, 2.24) is 9.55 Å². The van der Waals surface area contributed by atoms with Crippen LogP contribution in [0.5, 0.6) is 5.75 Å². The molecule has 0 atom stereocenters. The zero-order chi connectivity index (χ0) is 24.7. The molecule has 1 aliphatic heterocycles. The predicted molar refractivity (Wildman–Crippen MR) is 135 cm³/mol. The number of fused-ring (bicyclic) bond motifs is 2. The van der Waals surface area contributed by atoms with E-state index in [1.807, 2.05) is 6.92 Å². The minimum absolute atomic E-state index is 0.117. The molecule has 0 saturated heterocycles. The summed E-state index contributed by atoms with van der Waals surface area (Å²) in [7, 11) is 0. The van der Waals surface area contributed by atoms with Crippen molar-refractivity contribution >= 4 is 27.5 Å². The van der Waals surface area contributed by atoms with Crippen LogP contribution in [0.3, 0.4) is 0 Å². The van der Waals surface area contributed by atoms with E-state index in [9.17, 15) is 9.59 Å². The highest BCUT2D eigenvalue weighted by atomic mass is 32.1. The summed E-state index contributed by atoms with van der Waals surface area (Å²) in [6.07, 6.45) is 1.56. The van der Waals surface area contributed by atoms with Gasteiger partial charge in [0.05, 0.1) is 37.0 Å². The van der Waals surface area contributed by atoms with Crippen LogP contribution in [0, 0.1) is 20.8 Å². The smallest absolute Gasteiger partial charge is 0.338 e. The Morgan fingerprint density at radius 2 is 2.00 bits per heavy atom. The number of carbonyl (C=O) groups excluding carboxylic acids is 1. The van der Waals surface area contributed by atoms with Crippen molar-refractivity contribution in [3.8, 4) is 16.9 Å². The fourth-order valence-electron chi connectivity index (χ4n) is 4.43. The highest BCUT2D eigenvalue weighted by molar-refractivity contribution is 7.19. The summed E-state index contributed by atoms with van der Waals surface area (Å²) < 4.78 is 17.9. The van der Waals surface area contributed by atoms with E-state index in [1.165, 1.54) is 22.5 Å². The second kappa shape index (κ2) is 9.28. The summed E-state index contributed by atoms with van der Waals surface area (Å²) in [6, 6.07) is 9.70. The third-order valence-electron chi connectivity index (χ3n) is 6.29. The van der Waals surface area contributed by atoms with Gasteiger partial charge < -0.3 is 14.2 Å². The lowest BCUT2D eigenvalue weighted by molar-refractivity contribution is -0.0171. The molecule has 0 spiro atoms. The molecule has 0 aliphatic carbocycles. The van der Waals surface area contributed by atoms with Crippen molar-refractivity contribution < 1.29 is 19.0 Å². The van der Waals surface area contributed by atoms with Crippen molar-refractivity contribution in [3.63, 3.8) is 0 Å². The quantitative estimate of drug-likeness (QED) is 0.360. The van der Waals surface area contributed by atoms with Crippen LogP contribution in [0.2, 0.25) is 0 Å². The van der Waals surface area contributed by atoms with E-state index in [0.29, 0.717) is 33.7 Å². The van der Waals surface area contributed by atoms with Gasteiger partial charge in [-0.15, -0.1) is 11.3 Å². The standard InChI is InChI=1S/C27H26N2O5S/c1-5-33-27(31)19-9-20(24-21(10-19)12-32-14-34-24)11-29-13-28-25-23(26(29)30)22(17(4)35-25)18-7-6-15(2)16(3)8-18/h6-10,13H,5,11-12,14H2,1-4H3. The Hall–Kier alpha value is -3.49. The molecule has 2 aromatic heterocycles. The molecule has 8 heteroatoms. The molecule has 5 rings (SSSR count). The van der Waals surface area contributed by atoms with Crippen LogP contribution in [-0.4, -0.2) is 28.9 Å². The molecule has 35 heavy (non-hydrogen) atoms. The van der Waals surface area contributed by atoms with E-state index in [4.69, 9.17) is 14.2 Å². The summed E-state index contributed by atoms with van der Waals surface area (Å²) in [4.78, 5) is 32.6. The lowest BCUT2D eigenvalue weighted by Crippen LogP contribution is -2.23. The van der Waals surface area contributed by atoms with Gasteiger partial charge in [-0.25, -0.2) is 9.78 Å². The molecule has 1 aliphatic rings. The molecular weight excluding hydrogens is 464 g/mol. The zero-order valence-corrected chi connectivity index (χ0v) is 21.0. The molecule has 0 unspecified atom stereocenters. The Labute approximate surface area is 206 Å². The van der Waals surface area contributed by atoms with Crippen LogP contribution in [0.1, 0.15) is 44.4 Å². The van der Waals surface area contributed by atoms with E-state index in [0.717, 1.165) is 21.6 Å². The number of nitrogens with zero attached hydrogens (tertiary/aromatic N) is 2. The molecule has 3 heterocycles. The molecule has 0 radical (unpaired) electrons. The maximum absolute atomic E-state index is 13.8. The Bertz CT molecular complexity index is 1520. The van der Waals surface area contributed by atoms with Crippen LogP contribution in [0.4, 0.5) is 0 Å². The van der Waals surface area contributed by atoms with Crippen molar-refractivity contribution in [2.24, 2.45) is 0 Å². The predicted octanol–water partition coefficient (Wildman–Crippen LogP) is 5.14. The maximum atomic E-state index is 13.8. The number of rotatable bonds is 5. The van der Waals surface area contributed by atoms with Gasteiger partial charge in [0.1, 0.15) is 10.6 Å². The molecule has 0 bridgehead atoms. The van der Waals surface area contributed by atoms with Crippen molar-refractivity contribution in [3.05, 3.63) is 79.7 Å². The minimum atomic E-state index is -0.423. The number of thiophene rings is 1. The van der Waals surface area contributed by atoms with Gasteiger partial charge >= 0.3 is 5.97 Å². The molecule has 180 valence electrons. The molecule has 2 aromatic carbocycles. The van der Waals surface area contributed by atoms with Gasteiger partial charge in [-0.2, -0.15) is 0 Å². The average molecular weight is 491 g/mol. The van der Waals surface area contributed by atoms with Gasteiger partial charge in [-0.1, -0.05) is 18.2 Å². The average Bonchev–Trinajstić information content (AvgIpc) is 3.19. The first-order valence-electron chi connectivity index (χ1n) is 11.5. The molecule has 0 N–H and O–H groups in total. The Kier molecular flexibility index (Phi) is 6.17. The van der Waals surface area contributed by atoms with Crippen LogP contribution in [0.25, 0.3) is 21.3 Å². The van der Waals surface area contributed by atoms with E-state index < -0.39 is 5.97 Å². The van der Waals surface area contributed by atoms with Gasteiger partial charge in [0.15, 0.2) is 6.79 Å². The Balaban J connectivity index is 1.63. The highest BCUT2D eigenvalue weighted by Crippen LogP contribution is 2.36. The van der Waals surface area contributed by atoms with E-state index >= 15 is 0 Å². The van der Waals surface area contributed by atoms with Gasteiger partial charge in [0.25, 0.3) is 5.56 Å². The van der Waals surface area contributed by atoms with Gasteiger partial charge in [0, 0.05) is 21.6 Å². The Morgan fingerprint density at radius 1 is 1.17 bits per heavy atom. The number of hydrogen-bond donors (Lipinski definition) is 0. The first-order valence-corrected chi connectivity index (χ1v) is 12.3. The number of hydrogen-bond acceptors (Lipinski definition) is 7. The molecule has 7 nitrogen and oxygen atoms in total. The summed E-state index contributed by atoms with van der Waals surface area (Å²) >= 11 is 1.52. The van der Waals surface area contributed by atoms with Crippen LogP contribution >= 0.6 is 11.3 Å². The fraction of sp³-hybridized carbons (Fsp3) is 0.296. The summed E-state index contributed by atoms with van der Waals surface area (Å²) in [5.41, 5.74) is 6.04. The molecule has 0 amide bonds. The van der Waals surface area contributed by atoms with E-state index in [2.05, 4.69) is 37.0 Å². The van der Waals surface area contributed by atoms with Gasteiger partial charge in [-0.3, -0.25) is 9.36 Å². The number of carbonyl (C=O) groups is 1. The van der Waals surface area contributed by atoms with Crippen molar-refractivity contribution in [1.29, 1.82) is 0 Å². The highest BCUT2D eigenvalue weighted by Gasteiger charge is 2.22. The maximum Gasteiger partial charge on any atom is 0.338 e. The van der Waals surface area contributed by atoms with Gasteiger partial charge in [0.2, 0.25) is 0 Å². The second-order valence-corrected chi connectivity index (χ2v) is 9.85. The molecular formula is C27H26N2O5S. The normalized spacial score (nSPS) is 12.9. The van der Waals surface area contributed by atoms with Crippen LogP contribution in [0.15, 0.2) is 41.5 Å². The number of aromatic nitrogens is 2. The number of aryl methyl sites for hydroxylation is 3. The number of benzene rings is 2. The zero-order valence-electron chi connectivity index (χ0n) is 20.1. The Morgan fingerprint density at radius 3 is 2.77 bits per heavy atom. The van der Waals surface area contributed by atoms with Crippen LogP contribution < -0.4 is 10.3 Å². The first-order chi connectivity index (χ1) is 16.9.